The zero-order valence-electron chi connectivity index (χ0n) is 11.6. The Hall–Kier alpha value is -2.49. The van der Waals surface area contributed by atoms with Crippen molar-refractivity contribution in [3.63, 3.8) is 0 Å². The van der Waals surface area contributed by atoms with E-state index < -0.39 is 5.91 Å². The molecule has 2 aromatic carbocycles. The van der Waals surface area contributed by atoms with Gasteiger partial charge in [0.2, 0.25) is 0 Å². The number of primary amides is 1. The lowest BCUT2D eigenvalue weighted by Gasteiger charge is -2.11. The Morgan fingerprint density at radius 2 is 1.95 bits per heavy atom. The Balaban J connectivity index is 2.16. The van der Waals surface area contributed by atoms with Crippen LogP contribution in [0.1, 0.15) is 21.5 Å². The van der Waals surface area contributed by atoms with Crippen molar-refractivity contribution in [1.82, 2.24) is 0 Å². The van der Waals surface area contributed by atoms with E-state index in [0.29, 0.717) is 23.7 Å². The van der Waals surface area contributed by atoms with Crippen LogP contribution in [0.15, 0.2) is 42.5 Å². The van der Waals surface area contributed by atoms with Gasteiger partial charge in [-0.15, -0.1) is 0 Å². The van der Waals surface area contributed by atoms with Crippen LogP contribution in [0.25, 0.3) is 0 Å². The van der Waals surface area contributed by atoms with Crippen LogP contribution < -0.4 is 15.2 Å². The number of amides is 1. The largest absolute Gasteiger partial charge is 0.496 e. The first-order valence-electron chi connectivity index (χ1n) is 6.27. The normalized spacial score (nSPS) is 10.1. The first-order valence-corrected chi connectivity index (χ1v) is 6.27. The van der Waals surface area contributed by atoms with Gasteiger partial charge in [0.05, 0.1) is 12.7 Å². The maximum atomic E-state index is 11.3. The zero-order chi connectivity index (χ0) is 14.5. The number of carbonyl (C=O) groups excluding carboxylic acids is 1. The summed E-state index contributed by atoms with van der Waals surface area (Å²) in [6.45, 7) is 2.47. The molecule has 0 aromatic heterocycles. The molecule has 0 heterocycles. The molecule has 0 saturated heterocycles. The number of carbonyl (C=O) groups is 1. The molecule has 0 spiro atoms. The van der Waals surface area contributed by atoms with Crippen molar-refractivity contribution < 1.29 is 14.3 Å². The summed E-state index contributed by atoms with van der Waals surface area (Å²) in [5.41, 5.74) is 7.89. The minimum Gasteiger partial charge on any atom is -0.496 e. The smallest absolute Gasteiger partial charge is 0.252 e. The summed E-state index contributed by atoms with van der Waals surface area (Å²) in [4.78, 5) is 11.3. The van der Waals surface area contributed by atoms with Gasteiger partial charge in [0.1, 0.15) is 18.1 Å². The van der Waals surface area contributed by atoms with E-state index >= 15 is 0 Å². The van der Waals surface area contributed by atoms with Crippen LogP contribution in [0.5, 0.6) is 11.5 Å². The summed E-state index contributed by atoms with van der Waals surface area (Å²) >= 11 is 0. The summed E-state index contributed by atoms with van der Waals surface area (Å²) in [6, 6.07) is 13.0. The molecule has 0 bridgehead atoms. The predicted octanol–water partition coefficient (Wildman–Crippen LogP) is 2.68. The summed E-state index contributed by atoms with van der Waals surface area (Å²) < 4.78 is 10.8. The van der Waals surface area contributed by atoms with E-state index in [1.165, 1.54) is 7.11 Å². The SMILES string of the molecule is COc1ccc(OCc2ccccc2C)cc1C(N)=O. The molecule has 0 radical (unpaired) electrons. The zero-order valence-corrected chi connectivity index (χ0v) is 11.6. The van der Waals surface area contributed by atoms with Crippen molar-refractivity contribution in [2.24, 2.45) is 5.73 Å². The van der Waals surface area contributed by atoms with Gasteiger partial charge < -0.3 is 15.2 Å². The first kappa shape index (κ1) is 13.9. The number of aryl methyl sites for hydroxylation is 1. The van der Waals surface area contributed by atoms with E-state index in [-0.39, 0.29) is 0 Å². The highest BCUT2D eigenvalue weighted by Crippen LogP contribution is 2.24. The van der Waals surface area contributed by atoms with Gasteiger partial charge in [-0.25, -0.2) is 0 Å². The number of nitrogens with two attached hydrogens (primary N) is 1. The minimum atomic E-state index is -0.539. The quantitative estimate of drug-likeness (QED) is 0.909. The highest BCUT2D eigenvalue weighted by atomic mass is 16.5. The van der Waals surface area contributed by atoms with Crippen LogP contribution in [-0.2, 0) is 6.61 Å². The Morgan fingerprint density at radius 1 is 1.20 bits per heavy atom. The minimum absolute atomic E-state index is 0.315. The Kier molecular flexibility index (Phi) is 4.25. The van der Waals surface area contributed by atoms with Crippen LogP contribution in [0.4, 0.5) is 0 Å². The molecule has 4 nitrogen and oxygen atoms in total. The van der Waals surface area contributed by atoms with Gasteiger partial charge in [-0.05, 0) is 36.2 Å². The number of ether oxygens (including phenoxy) is 2. The van der Waals surface area contributed by atoms with Gasteiger partial charge in [-0.3, -0.25) is 4.79 Å². The van der Waals surface area contributed by atoms with E-state index in [1.54, 1.807) is 18.2 Å². The molecule has 0 aliphatic rings. The molecule has 0 atom stereocenters. The average molecular weight is 271 g/mol. The lowest BCUT2D eigenvalue weighted by Crippen LogP contribution is -2.12. The molecular weight excluding hydrogens is 254 g/mol. The van der Waals surface area contributed by atoms with Crippen LogP contribution in [0.3, 0.4) is 0 Å². The molecule has 104 valence electrons. The van der Waals surface area contributed by atoms with Crippen molar-refractivity contribution in [3.8, 4) is 11.5 Å². The molecule has 2 rings (SSSR count). The monoisotopic (exact) mass is 271 g/mol. The Labute approximate surface area is 118 Å². The van der Waals surface area contributed by atoms with Gasteiger partial charge >= 0.3 is 0 Å². The molecule has 0 fully saturated rings. The topological polar surface area (TPSA) is 61.6 Å². The molecule has 0 aliphatic carbocycles. The summed E-state index contributed by atoms with van der Waals surface area (Å²) in [5, 5.41) is 0. The van der Waals surface area contributed by atoms with E-state index in [2.05, 4.69) is 0 Å². The number of hydrogen-bond acceptors (Lipinski definition) is 3. The predicted molar refractivity (Wildman–Crippen MR) is 77.0 cm³/mol. The first-order chi connectivity index (χ1) is 9.61. The number of hydrogen-bond donors (Lipinski definition) is 1. The molecule has 0 saturated carbocycles. The number of benzene rings is 2. The van der Waals surface area contributed by atoms with E-state index in [4.69, 9.17) is 15.2 Å². The van der Waals surface area contributed by atoms with E-state index in [0.717, 1.165) is 11.1 Å². The lowest BCUT2D eigenvalue weighted by atomic mass is 10.1. The second kappa shape index (κ2) is 6.10. The van der Waals surface area contributed by atoms with Crippen LogP contribution in [0, 0.1) is 6.92 Å². The van der Waals surface area contributed by atoms with Gasteiger partial charge in [0.15, 0.2) is 0 Å². The van der Waals surface area contributed by atoms with Crippen molar-refractivity contribution >= 4 is 5.91 Å². The fraction of sp³-hybridized carbons (Fsp3) is 0.188. The van der Waals surface area contributed by atoms with E-state index in [9.17, 15) is 4.79 Å². The van der Waals surface area contributed by atoms with Crippen molar-refractivity contribution in [1.29, 1.82) is 0 Å². The number of methoxy groups -OCH3 is 1. The molecule has 2 N–H and O–H groups in total. The van der Waals surface area contributed by atoms with Gasteiger partial charge in [0, 0.05) is 0 Å². The highest BCUT2D eigenvalue weighted by Gasteiger charge is 2.10. The third kappa shape index (κ3) is 3.09. The van der Waals surface area contributed by atoms with Gasteiger partial charge in [-0.2, -0.15) is 0 Å². The number of rotatable bonds is 5. The van der Waals surface area contributed by atoms with Crippen molar-refractivity contribution in [2.75, 3.05) is 7.11 Å². The van der Waals surface area contributed by atoms with Gasteiger partial charge in [-0.1, -0.05) is 24.3 Å². The molecule has 0 aliphatic heterocycles. The maximum Gasteiger partial charge on any atom is 0.252 e. The highest BCUT2D eigenvalue weighted by molar-refractivity contribution is 5.96. The van der Waals surface area contributed by atoms with Crippen LogP contribution in [0.2, 0.25) is 0 Å². The maximum absolute atomic E-state index is 11.3. The fourth-order valence-corrected chi connectivity index (χ4v) is 1.90. The second-order valence-electron chi connectivity index (χ2n) is 4.44. The van der Waals surface area contributed by atoms with Crippen LogP contribution in [-0.4, -0.2) is 13.0 Å². The molecule has 4 heteroatoms. The van der Waals surface area contributed by atoms with E-state index in [1.807, 2.05) is 31.2 Å². The fourth-order valence-electron chi connectivity index (χ4n) is 1.90. The van der Waals surface area contributed by atoms with Crippen molar-refractivity contribution in [3.05, 3.63) is 59.2 Å². The third-order valence-electron chi connectivity index (χ3n) is 3.09. The summed E-state index contributed by atoms with van der Waals surface area (Å²) in [5.74, 6) is 0.492. The molecule has 2 aromatic rings. The molecule has 1 amide bonds. The summed E-state index contributed by atoms with van der Waals surface area (Å²) in [7, 11) is 1.50. The van der Waals surface area contributed by atoms with Gasteiger partial charge in [0.25, 0.3) is 5.91 Å². The molecule has 20 heavy (non-hydrogen) atoms. The standard InChI is InChI=1S/C16H17NO3/c1-11-5-3-4-6-12(11)10-20-13-7-8-15(19-2)14(9-13)16(17)18/h3-9H,10H2,1-2H3,(H2,17,18). The summed E-state index contributed by atoms with van der Waals surface area (Å²) in [6.07, 6.45) is 0. The average Bonchev–Trinajstić information content (AvgIpc) is 2.46. The Morgan fingerprint density at radius 3 is 2.60 bits per heavy atom. The molecular formula is C16H17NO3. The second-order valence-corrected chi connectivity index (χ2v) is 4.44. The van der Waals surface area contributed by atoms with Crippen LogP contribution >= 0.6 is 0 Å². The Bertz CT molecular complexity index is 623. The molecule has 0 unspecified atom stereocenters. The lowest BCUT2D eigenvalue weighted by molar-refractivity contribution is 0.0997. The van der Waals surface area contributed by atoms with Crippen molar-refractivity contribution in [2.45, 2.75) is 13.5 Å². The third-order valence-corrected chi connectivity index (χ3v) is 3.09.